The number of alkyl halides is 3. The Morgan fingerprint density at radius 3 is 2.14 bits per heavy atom. The molecule has 1 rings (SSSR count). The summed E-state index contributed by atoms with van der Waals surface area (Å²) in [5.74, 6) is -3.02. The highest BCUT2D eigenvalue weighted by molar-refractivity contribution is 5.77. The number of aldehydes is 1. The monoisotopic (exact) mass is 210 g/mol. The quantitative estimate of drug-likeness (QED) is 0.514. The molecule has 0 aliphatic heterocycles. The minimum absolute atomic E-state index is 0.0792. The van der Waals surface area contributed by atoms with Crippen molar-refractivity contribution in [1.29, 1.82) is 0 Å². The molecular weight excluding hydrogens is 207 g/mol. The maximum Gasteiger partial charge on any atom is 0.419 e. The smallest absolute Gasteiger partial charge is 0.298 e. The molecule has 1 aromatic carbocycles. The van der Waals surface area contributed by atoms with Gasteiger partial charge in [-0.3, -0.25) is 4.79 Å². The molecule has 0 heterocycles. The number of rotatable bonds is 1. The van der Waals surface area contributed by atoms with Crippen molar-refractivity contribution in [1.82, 2.24) is 0 Å². The predicted octanol–water partition coefficient (Wildman–Crippen LogP) is 2.80. The predicted molar refractivity (Wildman–Crippen MR) is 36.7 cm³/mol. The van der Waals surface area contributed by atoms with Crippen LogP contribution < -0.4 is 0 Å². The highest BCUT2D eigenvalue weighted by Gasteiger charge is 2.37. The van der Waals surface area contributed by atoms with Crippen LogP contribution in [0.15, 0.2) is 12.1 Å². The molecule has 0 saturated carbocycles. The van der Waals surface area contributed by atoms with Crippen molar-refractivity contribution in [2.24, 2.45) is 0 Å². The summed E-state index contributed by atoms with van der Waals surface area (Å²) < 4.78 is 61.4. The van der Waals surface area contributed by atoms with Gasteiger partial charge < -0.3 is 0 Å². The SMILES string of the molecule is O=Cc1cc(F)cc(F)c1C(F)(F)F. The first-order valence-electron chi connectivity index (χ1n) is 3.37. The first kappa shape index (κ1) is 10.6. The summed E-state index contributed by atoms with van der Waals surface area (Å²) in [5.41, 5.74) is -2.79. The zero-order chi connectivity index (χ0) is 10.9. The Morgan fingerprint density at radius 1 is 1.14 bits per heavy atom. The van der Waals surface area contributed by atoms with E-state index >= 15 is 0 Å². The van der Waals surface area contributed by atoms with Gasteiger partial charge >= 0.3 is 6.18 Å². The van der Waals surface area contributed by atoms with E-state index in [2.05, 4.69) is 0 Å². The van der Waals surface area contributed by atoms with E-state index in [4.69, 9.17) is 0 Å². The first-order valence-corrected chi connectivity index (χ1v) is 3.37. The third-order valence-electron chi connectivity index (χ3n) is 1.50. The van der Waals surface area contributed by atoms with E-state index in [1.165, 1.54) is 0 Å². The first-order chi connectivity index (χ1) is 6.36. The van der Waals surface area contributed by atoms with Crippen molar-refractivity contribution >= 4 is 6.29 Å². The summed E-state index contributed by atoms with van der Waals surface area (Å²) in [7, 11) is 0. The summed E-state index contributed by atoms with van der Waals surface area (Å²) in [4.78, 5) is 10.1. The molecule has 0 aliphatic rings. The molecule has 0 unspecified atom stereocenters. The molecule has 0 atom stereocenters. The van der Waals surface area contributed by atoms with Gasteiger partial charge in [0.2, 0.25) is 0 Å². The van der Waals surface area contributed by atoms with Gasteiger partial charge in [0.1, 0.15) is 17.2 Å². The number of carbonyl (C=O) groups excluding carboxylic acids is 1. The minimum Gasteiger partial charge on any atom is -0.298 e. The molecule has 0 spiro atoms. The van der Waals surface area contributed by atoms with Gasteiger partial charge in [0.15, 0.2) is 6.29 Å². The summed E-state index contributed by atoms with van der Waals surface area (Å²) in [5, 5.41) is 0. The number of hydrogen-bond acceptors (Lipinski definition) is 1. The molecule has 0 saturated heterocycles. The average Bonchev–Trinajstić information content (AvgIpc) is 1.99. The van der Waals surface area contributed by atoms with Crippen LogP contribution in [0.3, 0.4) is 0 Å². The molecule has 1 aromatic rings. The fraction of sp³-hybridized carbons (Fsp3) is 0.125. The molecule has 0 aliphatic carbocycles. The van der Waals surface area contributed by atoms with Crippen molar-refractivity contribution in [2.45, 2.75) is 6.18 Å². The molecule has 6 heteroatoms. The lowest BCUT2D eigenvalue weighted by Gasteiger charge is -2.09. The standard InChI is InChI=1S/C8H3F5O/c9-5-1-4(3-14)7(6(10)2-5)8(11,12)13/h1-3H. The maximum atomic E-state index is 12.7. The van der Waals surface area contributed by atoms with Crippen molar-refractivity contribution in [3.05, 3.63) is 34.9 Å². The van der Waals surface area contributed by atoms with E-state index in [1.807, 2.05) is 0 Å². The second-order valence-corrected chi connectivity index (χ2v) is 2.47. The number of benzene rings is 1. The molecular formula is C8H3F5O. The molecule has 14 heavy (non-hydrogen) atoms. The van der Waals surface area contributed by atoms with Crippen molar-refractivity contribution in [3.63, 3.8) is 0 Å². The molecule has 0 fully saturated rings. The van der Waals surface area contributed by atoms with Gasteiger partial charge in [-0.15, -0.1) is 0 Å². The fourth-order valence-corrected chi connectivity index (χ4v) is 0.986. The van der Waals surface area contributed by atoms with Gasteiger partial charge in [0.05, 0.1) is 0 Å². The number of halogens is 5. The Bertz CT molecular complexity index is 369. The van der Waals surface area contributed by atoms with Gasteiger partial charge in [-0.25, -0.2) is 8.78 Å². The molecule has 0 radical (unpaired) electrons. The third kappa shape index (κ3) is 1.89. The van der Waals surface area contributed by atoms with Crippen LogP contribution in [-0.2, 0) is 6.18 Å². The highest BCUT2D eigenvalue weighted by Crippen LogP contribution is 2.33. The van der Waals surface area contributed by atoms with Crippen LogP contribution >= 0.6 is 0 Å². The zero-order valence-corrected chi connectivity index (χ0v) is 6.53. The lowest BCUT2D eigenvalue weighted by molar-refractivity contribution is -0.140. The normalized spacial score (nSPS) is 11.5. The summed E-state index contributed by atoms with van der Waals surface area (Å²) >= 11 is 0. The van der Waals surface area contributed by atoms with Crippen LogP contribution in [0.5, 0.6) is 0 Å². The minimum atomic E-state index is -5.01. The van der Waals surface area contributed by atoms with Gasteiger partial charge in [0, 0.05) is 11.6 Å². The number of hydrogen-bond donors (Lipinski definition) is 0. The molecule has 0 N–H and O–H groups in total. The van der Waals surface area contributed by atoms with E-state index in [1.54, 1.807) is 0 Å². The number of carbonyl (C=O) groups is 1. The largest absolute Gasteiger partial charge is 0.419 e. The molecule has 76 valence electrons. The van der Waals surface area contributed by atoms with Crippen LogP contribution in [0.1, 0.15) is 15.9 Å². The Balaban J connectivity index is 3.48. The van der Waals surface area contributed by atoms with Crippen molar-refractivity contribution in [3.8, 4) is 0 Å². The summed E-state index contributed by atoms with van der Waals surface area (Å²) in [6.07, 6.45) is -5.25. The Hall–Kier alpha value is -1.46. The van der Waals surface area contributed by atoms with Crippen molar-refractivity contribution < 1.29 is 26.7 Å². The third-order valence-corrected chi connectivity index (χ3v) is 1.50. The van der Waals surface area contributed by atoms with Crippen LogP contribution in [0.2, 0.25) is 0 Å². The van der Waals surface area contributed by atoms with Crippen molar-refractivity contribution in [2.75, 3.05) is 0 Å². The van der Waals surface area contributed by atoms with E-state index in [-0.39, 0.29) is 12.4 Å². The molecule has 0 bridgehead atoms. The van der Waals surface area contributed by atoms with Gasteiger partial charge in [-0.05, 0) is 6.07 Å². The van der Waals surface area contributed by atoms with Crippen LogP contribution in [-0.4, -0.2) is 6.29 Å². The fourth-order valence-electron chi connectivity index (χ4n) is 0.986. The van der Waals surface area contributed by atoms with E-state index in [0.29, 0.717) is 6.07 Å². The summed E-state index contributed by atoms with van der Waals surface area (Å²) in [6, 6.07) is 0.411. The molecule has 0 aromatic heterocycles. The Labute approximate surface area is 75.2 Å². The topological polar surface area (TPSA) is 17.1 Å². The van der Waals surface area contributed by atoms with Crippen LogP contribution in [0.25, 0.3) is 0 Å². The Kier molecular flexibility index (Phi) is 2.55. The maximum absolute atomic E-state index is 12.7. The van der Waals surface area contributed by atoms with Crippen LogP contribution in [0, 0.1) is 11.6 Å². The lowest BCUT2D eigenvalue weighted by Crippen LogP contribution is -2.12. The van der Waals surface area contributed by atoms with E-state index < -0.39 is 28.9 Å². The van der Waals surface area contributed by atoms with Crippen LogP contribution in [0.4, 0.5) is 22.0 Å². The highest BCUT2D eigenvalue weighted by atomic mass is 19.4. The summed E-state index contributed by atoms with van der Waals surface area (Å²) in [6.45, 7) is 0. The average molecular weight is 210 g/mol. The second kappa shape index (κ2) is 3.36. The van der Waals surface area contributed by atoms with Gasteiger partial charge in [-0.1, -0.05) is 0 Å². The van der Waals surface area contributed by atoms with Gasteiger partial charge in [-0.2, -0.15) is 13.2 Å². The molecule has 1 nitrogen and oxygen atoms in total. The zero-order valence-electron chi connectivity index (χ0n) is 6.53. The lowest BCUT2D eigenvalue weighted by atomic mass is 10.1. The van der Waals surface area contributed by atoms with E-state index in [0.717, 1.165) is 0 Å². The Morgan fingerprint density at radius 2 is 1.71 bits per heavy atom. The molecule has 0 amide bonds. The second-order valence-electron chi connectivity index (χ2n) is 2.47. The van der Waals surface area contributed by atoms with E-state index in [9.17, 15) is 26.7 Å². The van der Waals surface area contributed by atoms with Gasteiger partial charge in [0.25, 0.3) is 0 Å².